The molecule has 0 aromatic heterocycles. The summed E-state index contributed by atoms with van der Waals surface area (Å²) in [4.78, 5) is 13.6. The topological polar surface area (TPSA) is 81.7 Å². The molecule has 38 heavy (non-hydrogen) atoms. The van der Waals surface area contributed by atoms with Gasteiger partial charge in [-0.1, -0.05) is 52.9 Å². The van der Waals surface area contributed by atoms with Crippen LogP contribution in [0.25, 0.3) is 0 Å². The monoisotopic (exact) mass is 644 g/mol. The fourth-order valence-corrected chi connectivity index (χ4v) is 9.26. The zero-order valence-electron chi connectivity index (χ0n) is 22.9. The van der Waals surface area contributed by atoms with Crippen molar-refractivity contribution in [3.8, 4) is 0 Å². The highest BCUT2D eigenvalue weighted by Crippen LogP contribution is 2.66. The van der Waals surface area contributed by atoms with Crippen LogP contribution in [-0.4, -0.2) is 73.8 Å². The number of benzene rings is 1. The highest BCUT2D eigenvalue weighted by Gasteiger charge is 2.76. The number of ether oxygens (including phenoxy) is 7. The van der Waals surface area contributed by atoms with Crippen LogP contribution in [0, 0.1) is 23.2 Å². The summed E-state index contributed by atoms with van der Waals surface area (Å²) in [5.74, 6) is -0.517. The Kier molecular flexibility index (Phi) is 8.87. The average molecular weight is 645 g/mol. The first-order chi connectivity index (χ1) is 18.2. The number of carbonyl (C=O) groups is 1. The summed E-state index contributed by atoms with van der Waals surface area (Å²) >= 11 is 2.55. The first-order valence-corrected chi connectivity index (χ1v) is 14.9. The van der Waals surface area contributed by atoms with Gasteiger partial charge in [0.25, 0.3) is 0 Å². The minimum absolute atomic E-state index is 0.00933. The molecule has 0 N–H and O–H groups in total. The molecule has 5 rings (SSSR count). The van der Waals surface area contributed by atoms with Gasteiger partial charge in [0.2, 0.25) is 0 Å². The number of Topliss-reactive ketones (excluding diaryl/α,β-unsaturated/α-hetero) is 1. The Labute approximate surface area is 239 Å². The van der Waals surface area contributed by atoms with Gasteiger partial charge < -0.3 is 33.2 Å². The van der Waals surface area contributed by atoms with E-state index in [9.17, 15) is 4.79 Å². The van der Waals surface area contributed by atoms with E-state index in [0.29, 0.717) is 52.3 Å². The van der Waals surface area contributed by atoms with Crippen LogP contribution in [0.3, 0.4) is 0 Å². The zero-order valence-corrected chi connectivity index (χ0v) is 25.0. The zero-order chi connectivity index (χ0) is 27.0. The lowest BCUT2D eigenvalue weighted by Crippen LogP contribution is -2.69. The number of ketones is 1. The lowest BCUT2D eigenvalue weighted by atomic mass is 9.56. The predicted octanol–water partition coefficient (Wildman–Crippen LogP) is 4.51. The Hall–Kier alpha value is -0.660. The van der Waals surface area contributed by atoms with Crippen molar-refractivity contribution >= 4 is 28.4 Å². The third-order valence-corrected chi connectivity index (χ3v) is 10.6. The summed E-state index contributed by atoms with van der Waals surface area (Å²) in [5.41, 5.74) is -0.136. The molecule has 1 aromatic rings. The highest BCUT2D eigenvalue weighted by atomic mass is 127. The molecular weight excluding hydrogens is 603 g/mol. The minimum Gasteiger partial charge on any atom is -0.376 e. The average Bonchev–Trinajstić information content (AvgIpc) is 3.41. The van der Waals surface area contributed by atoms with Gasteiger partial charge in [-0.15, -0.1) is 0 Å². The third-order valence-electron chi connectivity index (χ3n) is 8.74. The number of carbonyl (C=O) groups excluding carboxylic acids is 1. The van der Waals surface area contributed by atoms with Crippen LogP contribution in [0.4, 0.5) is 0 Å². The number of hydrogen-bond acceptors (Lipinski definition) is 8. The van der Waals surface area contributed by atoms with Crippen molar-refractivity contribution < 1.29 is 38.0 Å². The summed E-state index contributed by atoms with van der Waals surface area (Å²) < 4.78 is 43.4. The van der Waals surface area contributed by atoms with E-state index < -0.39 is 16.8 Å². The molecular formula is C29H41IO8. The van der Waals surface area contributed by atoms with Gasteiger partial charge in [0, 0.05) is 54.2 Å². The fourth-order valence-electron chi connectivity index (χ4n) is 7.38. The standard InChI is InChI=1S/C29H41IO8/c1-5-35-24-13-28(17-36-24)12-20(31)11-21-22(15-34-18-32-4)23(16-33-14-19-9-7-6-8-10-19)25(30)29(28)26(21)37-27(2,3)38-29/h6-10,21-26H,5,11-18H2,1-4H3/t21-,22-,23+,24?,25+,26+,28+,29-/m0/s1. The molecule has 2 saturated carbocycles. The Balaban J connectivity index is 1.52. The molecule has 2 aliphatic carbocycles. The Bertz CT molecular complexity index is 959. The van der Waals surface area contributed by atoms with Crippen LogP contribution in [0.1, 0.15) is 45.6 Å². The van der Waals surface area contributed by atoms with Crippen molar-refractivity contribution in [1.29, 1.82) is 0 Å². The Morgan fingerprint density at radius 2 is 1.87 bits per heavy atom. The number of hydrogen-bond donors (Lipinski definition) is 0. The van der Waals surface area contributed by atoms with Crippen LogP contribution in [0.5, 0.6) is 0 Å². The van der Waals surface area contributed by atoms with E-state index in [4.69, 9.17) is 33.2 Å². The maximum atomic E-state index is 13.6. The SMILES string of the molecule is CCOC1C[C@@]2(CO1)CC(=O)C[C@H]1[C@H](COCOC)[C@@H](COCc3ccccc3)[C@@H](I)[C@@]23OC(C)(C)O[C@H]13. The van der Waals surface area contributed by atoms with Crippen molar-refractivity contribution in [2.45, 2.75) is 74.3 Å². The number of methoxy groups -OCH3 is 1. The Morgan fingerprint density at radius 3 is 2.61 bits per heavy atom. The molecule has 1 aromatic carbocycles. The predicted molar refractivity (Wildman–Crippen MR) is 148 cm³/mol. The van der Waals surface area contributed by atoms with Crippen LogP contribution in [0.15, 0.2) is 30.3 Å². The summed E-state index contributed by atoms with van der Waals surface area (Å²) in [5, 5.41) is 0. The van der Waals surface area contributed by atoms with Gasteiger partial charge in [-0.3, -0.25) is 4.79 Å². The molecule has 4 fully saturated rings. The van der Waals surface area contributed by atoms with E-state index in [0.717, 1.165) is 5.56 Å². The summed E-state index contributed by atoms with van der Waals surface area (Å²) in [6, 6.07) is 10.2. The normalized spacial score (nSPS) is 39.9. The second-order valence-electron chi connectivity index (χ2n) is 11.6. The van der Waals surface area contributed by atoms with Gasteiger partial charge in [0.15, 0.2) is 12.1 Å². The van der Waals surface area contributed by atoms with Gasteiger partial charge in [0.1, 0.15) is 18.2 Å². The van der Waals surface area contributed by atoms with Gasteiger partial charge >= 0.3 is 0 Å². The van der Waals surface area contributed by atoms with E-state index in [-0.39, 0.29) is 46.6 Å². The van der Waals surface area contributed by atoms with Crippen LogP contribution in [-0.2, 0) is 44.6 Å². The highest BCUT2D eigenvalue weighted by molar-refractivity contribution is 14.1. The summed E-state index contributed by atoms with van der Waals surface area (Å²) in [6.45, 7) is 8.62. The molecule has 8 atom stereocenters. The number of rotatable bonds is 10. The van der Waals surface area contributed by atoms with Gasteiger partial charge in [-0.05, 0) is 32.3 Å². The fraction of sp³-hybridized carbons (Fsp3) is 0.759. The molecule has 2 aliphatic heterocycles. The second-order valence-corrected chi connectivity index (χ2v) is 12.9. The maximum absolute atomic E-state index is 13.6. The smallest absolute Gasteiger partial charge is 0.164 e. The molecule has 2 bridgehead atoms. The van der Waals surface area contributed by atoms with Crippen LogP contribution < -0.4 is 0 Å². The molecule has 9 heteroatoms. The summed E-state index contributed by atoms with van der Waals surface area (Å²) in [7, 11) is 1.62. The summed E-state index contributed by atoms with van der Waals surface area (Å²) in [6.07, 6.45) is 0.803. The van der Waals surface area contributed by atoms with Crippen molar-refractivity contribution in [2.75, 3.05) is 40.3 Å². The first-order valence-electron chi connectivity index (χ1n) is 13.7. The van der Waals surface area contributed by atoms with Crippen molar-refractivity contribution in [2.24, 2.45) is 23.2 Å². The van der Waals surface area contributed by atoms with E-state index in [1.165, 1.54) is 0 Å². The molecule has 2 saturated heterocycles. The van der Waals surface area contributed by atoms with E-state index in [1.807, 2.05) is 39.0 Å². The van der Waals surface area contributed by atoms with E-state index in [1.54, 1.807) is 7.11 Å². The van der Waals surface area contributed by atoms with Gasteiger partial charge in [-0.2, -0.15) is 0 Å². The quantitative estimate of drug-likeness (QED) is 0.159. The third kappa shape index (κ3) is 5.22. The second kappa shape index (κ2) is 11.7. The molecule has 2 heterocycles. The molecule has 212 valence electrons. The van der Waals surface area contributed by atoms with E-state index >= 15 is 0 Å². The van der Waals surface area contributed by atoms with Gasteiger partial charge in [-0.25, -0.2) is 0 Å². The molecule has 1 spiro atoms. The molecule has 4 aliphatic rings. The Morgan fingerprint density at radius 1 is 1.11 bits per heavy atom. The van der Waals surface area contributed by atoms with Crippen molar-refractivity contribution in [3.05, 3.63) is 35.9 Å². The maximum Gasteiger partial charge on any atom is 0.164 e. The number of halogens is 1. The minimum atomic E-state index is -0.791. The van der Waals surface area contributed by atoms with Crippen molar-refractivity contribution in [1.82, 2.24) is 0 Å². The largest absolute Gasteiger partial charge is 0.376 e. The lowest BCUT2D eigenvalue weighted by molar-refractivity contribution is -0.200. The van der Waals surface area contributed by atoms with E-state index in [2.05, 4.69) is 34.7 Å². The van der Waals surface area contributed by atoms with Crippen molar-refractivity contribution in [3.63, 3.8) is 0 Å². The number of alkyl halides is 1. The van der Waals surface area contributed by atoms with Crippen LogP contribution in [0.2, 0.25) is 0 Å². The molecule has 0 amide bonds. The van der Waals surface area contributed by atoms with Crippen LogP contribution >= 0.6 is 22.6 Å². The lowest BCUT2D eigenvalue weighted by Gasteiger charge is -2.57. The first kappa shape index (κ1) is 28.9. The molecule has 1 unspecified atom stereocenters. The molecule has 8 nitrogen and oxygen atoms in total. The molecule has 0 radical (unpaired) electrons. The van der Waals surface area contributed by atoms with Gasteiger partial charge in [0.05, 0.1) is 32.5 Å².